The average Bonchev–Trinajstić information content (AvgIpc) is 3.42. The number of carbonyl (C=O) groups excluding carboxylic acids is 2. The van der Waals surface area contributed by atoms with Gasteiger partial charge < -0.3 is 14.6 Å². The molecule has 1 N–H and O–H groups in total. The van der Waals surface area contributed by atoms with E-state index in [9.17, 15) is 9.59 Å². The summed E-state index contributed by atoms with van der Waals surface area (Å²) in [6.45, 7) is 1.11. The van der Waals surface area contributed by atoms with Gasteiger partial charge in [-0.05, 0) is 18.2 Å². The number of hydrogen-bond donors (Lipinski definition) is 1. The minimum absolute atomic E-state index is 0.114. The van der Waals surface area contributed by atoms with Crippen molar-refractivity contribution in [1.82, 2.24) is 9.55 Å². The van der Waals surface area contributed by atoms with E-state index in [0.29, 0.717) is 23.1 Å². The largest absolute Gasteiger partial charge is 0.383 e. The lowest BCUT2D eigenvalue weighted by Crippen LogP contribution is -2.20. The second-order valence-corrected chi connectivity index (χ2v) is 10.9. The topological polar surface area (TPSA) is 85.6 Å². The maximum atomic E-state index is 12.5. The van der Waals surface area contributed by atoms with E-state index in [1.807, 2.05) is 58.5 Å². The van der Waals surface area contributed by atoms with Crippen molar-refractivity contribution >= 4 is 77.5 Å². The number of thioether (sulfide) groups is 1. The minimum Gasteiger partial charge on any atom is -0.383 e. The minimum atomic E-state index is -0.282. The van der Waals surface area contributed by atoms with Gasteiger partial charge in [0.25, 0.3) is 5.91 Å². The van der Waals surface area contributed by atoms with Crippen molar-refractivity contribution < 1.29 is 14.3 Å². The van der Waals surface area contributed by atoms with Crippen molar-refractivity contribution in [3.63, 3.8) is 0 Å². The number of fused-ring (bicyclic) bond motifs is 1. The van der Waals surface area contributed by atoms with E-state index in [2.05, 4.69) is 31.2 Å². The summed E-state index contributed by atoms with van der Waals surface area (Å²) in [5, 5.41) is 5.24. The molecule has 4 rings (SSSR count). The van der Waals surface area contributed by atoms with E-state index >= 15 is 0 Å². The van der Waals surface area contributed by atoms with Gasteiger partial charge in [0.1, 0.15) is 0 Å². The van der Waals surface area contributed by atoms with Crippen LogP contribution in [0.4, 0.5) is 5.13 Å². The molecule has 34 heavy (non-hydrogen) atoms. The molecule has 4 aromatic rings. The molecule has 2 aromatic carbocycles. The van der Waals surface area contributed by atoms with E-state index in [1.165, 1.54) is 34.4 Å². The summed E-state index contributed by atoms with van der Waals surface area (Å²) in [5.41, 5.74) is 2.82. The van der Waals surface area contributed by atoms with Crippen LogP contribution in [-0.2, 0) is 20.9 Å². The van der Waals surface area contributed by atoms with E-state index < -0.39 is 0 Å². The standard InChI is InChI=1S/C23H21BrN4O3S3/c1-31-10-9-28-18-8-7-16(24)11-19(18)34-23(28)27-21(30)14-32-13-20(29)26-22-25-17(12-33-22)15-5-3-2-4-6-15/h2-8,11-12H,9-10,13-14H2,1H3,(H,25,26,29). The van der Waals surface area contributed by atoms with Crippen molar-refractivity contribution in [1.29, 1.82) is 0 Å². The van der Waals surface area contributed by atoms with Gasteiger partial charge in [-0.1, -0.05) is 57.6 Å². The molecule has 0 radical (unpaired) electrons. The second-order valence-electron chi connectivity index (χ2n) is 7.09. The van der Waals surface area contributed by atoms with Crippen molar-refractivity contribution in [2.75, 3.05) is 30.5 Å². The molecule has 2 aromatic heterocycles. The monoisotopic (exact) mass is 576 g/mol. The number of amides is 2. The third kappa shape index (κ3) is 6.42. The maximum Gasteiger partial charge on any atom is 0.258 e. The summed E-state index contributed by atoms with van der Waals surface area (Å²) < 4.78 is 9.19. The number of thiazole rings is 2. The molecule has 2 amide bonds. The van der Waals surface area contributed by atoms with Gasteiger partial charge >= 0.3 is 0 Å². The van der Waals surface area contributed by atoms with Gasteiger partial charge in [-0.3, -0.25) is 9.59 Å². The fraction of sp³-hybridized carbons (Fsp3) is 0.217. The Morgan fingerprint density at radius 3 is 2.82 bits per heavy atom. The van der Waals surface area contributed by atoms with Gasteiger partial charge in [0.15, 0.2) is 9.93 Å². The fourth-order valence-corrected chi connectivity index (χ4v) is 6.09. The number of ether oxygens (including phenoxy) is 1. The van der Waals surface area contributed by atoms with E-state index in [0.717, 1.165) is 25.9 Å². The van der Waals surface area contributed by atoms with Gasteiger partial charge in [0.2, 0.25) is 5.91 Å². The van der Waals surface area contributed by atoms with Crippen LogP contribution in [-0.4, -0.2) is 46.6 Å². The highest BCUT2D eigenvalue weighted by molar-refractivity contribution is 9.10. The van der Waals surface area contributed by atoms with Crippen LogP contribution in [0.5, 0.6) is 0 Å². The lowest BCUT2D eigenvalue weighted by molar-refractivity contribution is -0.115. The number of nitrogens with zero attached hydrogens (tertiary/aromatic N) is 3. The highest BCUT2D eigenvalue weighted by Gasteiger charge is 2.11. The Bertz CT molecular complexity index is 1360. The first kappa shape index (κ1) is 24.8. The van der Waals surface area contributed by atoms with Gasteiger partial charge in [-0.2, -0.15) is 4.99 Å². The van der Waals surface area contributed by atoms with Crippen LogP contribution < -0.4 is 10.1 Å². The molecule has 11 heteroatoms. The van der Waals surface area contributed by atoms with Crippen LogP contribution in [0, 0.1) is 0 Å². The summed E-state index contributed by atoms with van der Waals surface area (Å²) >= 11 is 7.54. The van der Waals surface area contributed by atoms with Gasteiger partial charge in [0, 0.05) is 29.1 Å². The zero-order chi connectivity index (χ0) is 23.9. The molecule has 0 fully saturated rings. The number of aromatic nitrogens is 2. The number of rotatable bonds is 9. The molecule has 2 heterocycles. The lowest BCUT2D eigenvalue weighted by Gasteiger charge is -2.04. The molecular weight excluding hydrogens is 556 g/mol. The first-order valence-electron chi connectivity index (χ1n) is 10.3. The number of anilines is 1. The van der Waals surface area contributed by atoms with Crippen molar-refractivity contribution in [2.24, 2.45) is 4.99 Å². The van der Waals surface area contributed by atoms with Crippen molar-refractivity contribution in [3.05, 3.63) is 63.2 Å². The predicted octanol–water partition coefficient (Wildman–Crippen LogP) is 5.03. The third-order valence-corrected chi connectivity index (χ3v) is 7.87. The van der Waals surface area contributed by atoms with Gasteiger partial charge in [-0.25, -0.2) is 4.98 Å². The van der Waals surface area contributed by atoms with Crippen LogP contribution in [0.25, 0.3) is 21.5 Å². The molecule has 176 valence electrons. The number of nitrogens with one attached hydrogen (secondary N) is 1. The Labute approximate surface area is 217 Å². The van der Waals surface area contributed by atoms with Crippen LogP contribution in [0.3, 0.4) is 0 Å². The number of methoxy groups -OCH3 is 1. The molecule has 0 unspecified atom stereocenters. The fourth-order valence-electron chi connectivity index (χ4n) is 3.13. The highest BCUT2D eigenvalue weighted by Crippen LogP contribution is 2.25. The summed E-state index contributed by atoms with van der Waals surface area (Å²) in [4.78, 5) is 34.2. The molecule has 0 atom stereocenters. The first-order valence-corrected chi connectivity index (χ1v) is 13.9. The highest BCUT2D eigenvalue weighted by atomic mass is 79.9. The molecule has 0 saturated carbocycles. The van der Waals surface area contributed by atoms with E-state index in [-0.39, 0.29) is 23.3 Å². The number of carbonyl (C=O) groups is 2. The van der Waals surface area contributed by atoms with Crippen LogP contribution in [0.15, 0.2) is 63.4 Å². The Hall–Kier alpha value is -2.31. The molecule has 0 aliphatic carbocycles. The van der Waals surface area contributed by atoms with E-state index in [4.69, 9.17) is 4.74 Å². The summed E-state index contributed by atoms with van der Waals surface area (Å²) in [6, 6.07) is 15.8. The van der Waals surface area contributed by atoms with Gasteiger partial charge in [0.05, 0.1) is 34.0 Å². The zero-order valence-electron chi connectivity index (χ0n) is 18.2. The normalized spacial score (nSPS) is 11.8. The predicted molar refractivity (Wildman–Crippen MR) is 143 cm³/mol. The SMILES string of the molecule is COCCn1c(=NC(=O)CSCC(=O)Nc2nc(-c3ccccc3)cs2)sc2cc(Br)ccc21. The Morgan fingerprint density at radius 1 is 1.21 bits per heavy atom. The number of benzene rings is 2. The first-order chi connectivity index (χ1) is 16.5. The lowest BCUT2D eigenvalue weighted by atomic mass is 10.2. The smallest absolute Gasteiger partial charge is 0.258 e. The molecule has 0 saturated heterocycles. The molecule has 0 aliphatic rings. The Morgan fingerprint density at radius 2 is 2.03 bits per heavy atom. The summed E-state index contributed by atoms with van der Waals surface area (Å²) in [7, 11) is 1.64. The number of hydrogen-bond acceptors (Lipinski definition) is 7. The third-order valence-electron chi connectivity index (χ3n) is 4.66. The number of halogens is 1. The second kappa shape index (κ2) is 11.9. The molecular formula is C23H21BrN4O3S3. The molecule has 7 nitrogen and oxygen atoms in total. The van der Waals surface area contributed by atoms with Crippen LogP contribution >= 0.6 is 50.4 Å². The van der Waals surface area contributed by atoms with Crippen LogP contribution in [0.1, 0.15) is 0 Å². The van der Waals surface area contributed by atoms with Crippen molar-refractivity contribution in [2.45, 2.75) is 6.54 Å². The molecule has 0 spiro atoms. The van der Waals surface area contributed by atoms with Crippen LogP contribution in [0.2, 0.25) is 0 Å². The average molecular weight is 578 g/mol. The quantitative estimate of drug-likeness (QED) is 0.302. The maximum absolute atomic E-state index is 12.5. The molecule has 0 aliphatic heterocycles. The van der Waals surface area contributed by atoms with Gasteiger partial charge in [-0.15, -0.1) is 23.1 Å². The zero-order valence-corrected chi connectivity index (χ0v) is 22.2. The molecule has 0 bridgehead atoms. The van der Waals surface area contributed by atoms with E-state index in [1.54, 1.807) is 7.11 Å². The summed E-state index contributed by atoms with van der Waals surface area (Å²) in [5.74, 6) is -0.225. The Kier molecular flexibility index (Phi) is 8.68. The van der Waals surface area contributed by atoms with Crippen molar-refractivity contribution in [3.8, 4) is 11.3 Å². The Balaban J connectivity index is 1.35. The summed E-state index contributed by atoms with van der Waals surface area (Å²) in [6.07, 6.45) is 0.